The number of hydrogen-bond donors (Lipinski definition) is 0. The van der Waals surface area contributed by atoms with Gasteiger partial charge in [-0.1, -0.05) is 29.5 Å². The highest BCUT2D eigenvalue weighted by Crippen LogP contribution is 2.23. The maximum Gasteiger partial charge on any atom is 0.315 e. The number of hydrogen-bond acceptors (Lipinski definition) is 4. The third kappa shape index (κ3) is 3.47. The Kier molecular flexibility index (Phi) is 4.93. The van der Waals surface area contributed by atoms with Crippen molar-refractivity contribution in [2.45, 2.75) is 20.4 Å². The van der Waals surface area contributed by atoms with Crippen molar-refractivity contribution in [1.29, 1.82) is 0 Å². The van der Waals surface area contributed by atoms with Crippen molar-refractivity contribution in [3.05, 3.63) is 64.2 Å². The maximum atomic E-state index is 12.7. The normalized spacial score (nSPS) is 12.3. The second-order valence-corrected chi connectivity index (χ2v) is 8.49. The van der Waals surface area contributed by atoms with Crippen molar-refractivity contribution in [3.63, 3.8) is 0 Å². The number of furan rings is 1. The number of benzene rings is 2. The molecule has 1 amide bonds. The largest absolute Gasteiger partial charge is 0.451 e. The summed E-state index contributed by atoms with van der Waals surface area (Å²) in [4.78, 5) is 17.9. The van der Waals surface area contributed by atoms with Gasteiger partial charge in [-0.15, -0.1) is 0 Å². The number of amides is 1. The predicted molar refractivity (Wildman–Crippen MR) is 114 cm³/mol. The van der Waals surface area contributed by atoms with Gasteiger partial charge in [-0.2, -0.15) is 16.8 Å². The van der Waals surface area contributed by atoms with E-state index in [-0.39, 0.29) is 11.7 Å². The smallest absolute Gasteiger partial charge is 0.315 e. The molecule has 0 unspecified atom stereocenters. The summed E-state index contributed by atoms with van der Waals surface area (Å²) in [5, 5.41) is 0.911. The summed E-state index contributed by atoms with van der Waals surface area (Å²) >= 11 is 3.33. The van der Waals surface area contributed by atoms with Crippen LogP contribution in [-0.2, 0) is 6.54 Å². The lowest BCUT2D eigenvalue weighted by atomic mass is 10.1. The van der Waals surface area contributed by atoms with E-state index in [4.69, 9.17) is 4.42 Å². The van der Waals surface area contributed by atoms with Crippen LogP contribution in [0.15, 0.2) is 51.9 Å². The number of carbonyl (C=O) groups excluding carboxylic acids is 1. The molecule has 4 nitrogen and oxygen atoms in total. The van der Waals surface area contributed by atoms with Crippen molar-refractivity contribution in [2.24, 2.45) is 4.99 Å². The minimum Gasteiger partial charge on any atom is -0.451 e. The van der Waals surface area contributed by atoms with Crippen molar-refractivity contribution in [1.82, 2.24) is 4.57 Å². The highest BCUT2D eigenvalue weighted by atomic mass is 32.2. The number of thioether (sulfide) groups is 1. The summed E-state index contributed by atoms with van der Waals surface area (Å²) in [6.07, 6.45) is 2.08. The maximum absolute atomic E-state index is 12.7. The minimum atomic E-state index is -0.343. The van der Waals surface area contributed by atoms with Gasteiger partial charge in [0.25, 0.3) is 0 Å². The Morgan fingerprint density at radius 3 is 2.74 bits per heavy atom. The Labute approximate surface area is 165 Å². The topological polar surface area (TPSA) is 47.5 Å². The van der Waals surface area contributed by atoms with Gasteiger partial charge in [0.15, 0.2) is 10.6 Å². The average Bonchev–Trinajstić information content (AvgIpc) is 3.22. The number of thiazole rings is 1. The molecule has 0 aliphatic heterocycles. The molecule has 0 saturated carbocycles. The average molecular weight is 397 g/mol. The quantitative estimate of drug-likeness (QED) is 0.478. The van der Waals surface area contributed by atoms with Gasteiger partial charge >= 0.3 is 5.91 Å². The van der Waals surface area contributed by atoms with Crippen LogP contribution in [0.25, 0.3) is 21.2 Å². The van der Waals surface area contributed by atoms with Crippen molar-refractivity contribution < 1.29 is 9.21 Å². The van der Waals surface area contributed by atoms with Gasteiger partial charge < -0.3 is 8.98 Å². The van der Waals surface area contributed by atoms with E-state index >= 15 is 0 Å². The molecule has 4 aromatic rings. The monoisotopic (exact) mass is 396 g/mol. The zero-order valence-electron chi connectivity index (χ0n) is 15.5. The molecule has 2 aromatic heterocycles. The first kappa shape index (κ1) is 18.1. The molecule has 0 N–H and O–H groups in total. The van der Waals surface area contributed by atoms with E-state index in [2.05, 4.69) is 41.8 Å². The van der Waals surface area contributed by atoms with Crippen LogP contribution in [-0.4, -0.2) is 22.5 Å². The van der Waals surface area contributed by atoms with Crippen LogP contribution in [0.5, 0.6) is 0 Å². The zero-order chi connectivity index (χ0) is 19.0. The van der Waals surface area contributed by atoms with Crippen LogP contribution in [0.4, 0.5) is 0 Å². The number of para-hydroxylation sites is 1. The fraction of sp³-hybridized carbons (Fsp3) is 0.238. The van der Waals surface area contributed by atoms with Crippen LogP contribution in [0.2, 0.25) is 0 Å². The summed E-state index contributed by atoms with van der Waals surface area (Å²) in [6.45, 7) is 5.04. The highest BCUT2D eigenvalue weighted by Gasteiger charge is 2.14. The molecule has 27 heavy (non-hydrogen) atoms. The fourth-order valence-electron chi connectivity index (χ4n) is 3.03. The molecule has 2 aromatic carbocycles. The molecule has 0 fully saturated rings. The van der Waals surface area contributed by atoms with Gasteiger partial charge in [-0.3, -0.25) is 4.79 Å². The number of nitrogens with zero attached hydrogens (tertiary/aromatic N) is 2. The molecular formula is C21H20N2O2S2. The van der Waals surface area contributed by atoms with Gasteiger partial charge in [0, 0.05) is 17.7 Å². The van der Waals surface area contributed by atoms with Crippen LogP contribution < -0.4 is 4.80 Å². The highest BCUT2D eigenvalue weighted by molar-refractivity contribution is 7.98. The number of carbonyl (C=O) groups is 1. The molecule has 0 bridgehead atoms. The Balaban J connectivity index is 1.84. The van der Waals surface area contributed by atoms with Gasteiger partial charge in [-0.05, 0) is 55.5 Å². The first-order chi connectivity index (χ1) is 13.1. The third-order valence-corrected chi connectivity index (χ3v) is 6.28. The summed E-state index contributed by atoms with van der Waals surface area (Å²) in [5.74, 6) is 0.895. The molecular weight excluding hydrogens is 376 g/mol. The van der Waals surface area contributed by atoms with Crippen molar-refractivity contribution >= 4 is 50.2 Å². The molecule has 2 heterocycles. The minimum absolute atomic E-state index is 0.275. The lowest BCUT2D eigenvalue weighted by Gasteiger charge is -2.05. The zero-order valence-corrected chi connectivity index (χ0v) is 17.1. The van der Waals surface area contributed by atoms with Crippen LogP contribution in [0.1, 0.15) is 21.7 Å². The second-order valence-electron chi connectivity index (χ2n) is 6.50. The Bertz CT molecular complexity index is 1180. The Morgan fingerprint density at radius 1 is 1.19 bits per heavy atom. The first-order valence-corrected chi connectivity index (χ1v) is 10.9. The molecule has 0 radical (unpaired) electrons. The molecule has 138 valence electrons. The standard InChI is InChI=1S/C21H20N2O2S2/c1-13-10-16-19(11-14(13)2)27-21(23(16)8-9-26-3)22-20(24)18-12-15-6-4-5-7-17(15)25-18/h4-7,10-12H,8-9H2,1-3H3. The van der Waals surface area contributed by atoms with E-state index in [1.54, 1.807) is 29.2 Å². The van der Waals surface area contributed by atoms with E-state index in [1.165, 1.54) is 11.1 Å². The van der Waals surface area contributed by atoms with Crippen LogP contribution in [0, 0.1) is 13.8 Å². The summed E-state index contributed by atoms with van der Waals surface area (Å²) in [7, 11) is 0. The van der Waals surface area contributed by atoms with Gasteiger partial charge in [0.05, 0.1) is 10.2 Å². The third-order valence-electron chi connectivity index (χ3n) is 4.65. The van der Waals surface area contributed by atoms with Gasteiger partial charge in [0.1, 0.15) is 5.58 Å². The van der Waals surface area contributed by atoms with Crippen LogP contribution in [0.3, 0.4) is 0 Å². The van der Waals surface area contributed by atoms with E-state index < -0.39 is 0 Å². The Morgan fingerprint density at radius 2 is 1.96 bits per heavy atom. The van der Waals surface area contributed by atoms with Crippen LogP contribution >= 0.6 is 23.1 Å². The SMILES string of the molecule is CSCCn1c(=NC(=O)c2cc3ccccc3o2)sc2cc(C)c(C)cc21. The molecule has 0 atom stereocenters. The fourth-order valence-corrected chi connectivity index (χ4v) is 4.53. The molecule has 6 heteroatoms. The molecule has 0 spiro atoms. The van der Waals surface area contributed by atoms with Crippen molar-refractivity contribution in [3.8, 4) is 0 Å². The number of rotatable bonds is 4. The van der Waals surface area contributed by atoms with E-state index in [0.717, 1.165) is 32.7 Å². The van der Waals surface area contributed by atoms with Gasteiger partial charge in [-0.25, -0.2) is 0 Å². The van der Waals surface area contributed by atoms with Crippen molar-refractivity contribution in [2.75, 3.05) is 12.0 Å². The lowest BCUT2D eigenvalue weighted by Crippen LogP contribution is -2.18. The summed E-state index contributed by atoms with van der Waals surface area (Å²) < 4.78 is 8.97. The Hall–Kier alpha value is -2.31. The lowest BCUT2D eigenvalue weighted by molar-refractivity contribution is 0.0973. The molecule has 0 aliphatic carbocycles. The van der Waals surface area contributed by atoms with E-state index in [9.17, 15) is 4.79 Å². The molecule has 0 aliphatic rings. The predicted octanol–water partition coefficient (Wildman–Crippen LogP) is 5.17. The first-order valence-electron chi connectivity index (χ1n) is 8.74. The number of fused-ring (bicyclic) bond motifs is 2. The van der Waals surface area contributed by atoms with Gasteiger partial charge in [0.2, 0.25) is 0 Å². The summed E-state index contributed by atoms with van der Waals surface area (Å²) in [5.41, 5.74) is 4.33. The van der Waals surface area contributed by atoms with E-state index in [1.807, 2.05) is 24.3 Å². The summed E-state index contributed by atoms with van der Waals surface area (Å²) in [6, 6.07) is 13.7. The van der Waals surface area contributed by atoms with E-state index in [0.29, 0.717) is 5.58 Å². The molecule has 4 rings (SSSR count). The second kappa shape index (κ2) is 7.37. The number of aryl methyl sites for hydroxylation is 3. The number of aromatic nitrogens is 1. The molecule has 0 saturated heterocycles.